The van der Waals surface area contributed by atoms with Crippen molar-refractivity contribution in [3.8, 4) is 0 Å². The Labute approximate surface area is 97.2 Å². The van der Waals surface area contributed by atoms with Crippen molar-refractivity contribution in [2.45, 2.75) is 43.5 Å². The smallest absolute Gasteiger partial charge is 0.288 e. The molecule has 0 fully saturated rings. The van der Waals surface area contributed by atoms with E-state index in [9.17, 15) is 20.4 Å². The van der Waals surface area contributed by atoms with E-state index in [0.717, 1.165) is 0 Å². The summed E-state index contributed by atoms with van der Waals surface area (Å²) in [5.74, 6) is -3.09. The highest BCUT2D eigenvalue weighted by Crippen LogP contribution is 2.07. The molecule has 5 atom stereocenters. The second kappa shape index (κ2) is 6.54. The minimum atomic E-state index is -3.09. The first-order valence-electron chi connectivity index (χ1n) is 4.87. The molecule has 0 aromatic carbocycles. The summed E-state index contributed by atoms with van der Waals surface area (Å²) in [5.41, 5.74) is 0. The molecular formula is C8H19NO8. The minimum Gasteiger partial charge on any atom is -0.391 e. The molecule has 17 heavy (non-hydrogen) atoms. The average molecular weight is 257 g/mol. The van der Waals surface area contributed by atoms with E-state index in [0.29, 0.717) is 0 Å². The maximum Gasteiger partial charge on any atom is 0.288 e. The first-order valence-corrected chi connectivity index (χ1v) is 4.87. The summed E-state index contributed by atoms with van der Waals surface area (Å²) >= 11 is 0. The molecule has 0 saturated carbocycles. The average Bonchev–Trinajstić information content (AvgIpc) is 2.21. The number of hydrogen-bond donors (Lipinski definition) is 9. The van der Waals surface area contributed by atoms with Crippen LogP contribution < -0.4 is 5.32 Å². The number of rotatable bonds is 7. The van der Waals surface area contributed by atoms with Gasteiger partial charge in [0, 0.05) is 0 Å². The fourth-order valence-electron chi connectivity index (χ4n) is 1.04. The van der Waals surface area contributed by atoms with Gasteiger partial charge in [-0.05, 0) is 6.92 Å². The van der Waals surface area contributed by atoms with Crippen LogP contribution in [0.25, 0.3) is 0 Å². The van der Waals surface area contributed by atoms with Gasteiger partial charge < -0.3 is 40.9 Å². The Morgan fingerprint density at radius 3 is 1.71 bits per heavy atom. The Balaban J connectivity index is 4.25. The van der Waals surface area contributed by atoms with Gasteiger partial charge in [0.25, 0.3) is 5.97 Å². The van der Waals surface area contributed by atoms with Crippen LogP contribution in [-0.2, 0) is 0 Å². The highest BCUT2D eigenvalue weighted by Gasteiger charge is 2.33. The summed E-state index contributed by atoms with van der Waals surface area (Å²) in [6.45, 7) is 0.267. The van der Waals surface area contributed by atoms with E-state index in [1.165, 1.54) is 6.92 Å². The third kappa shape index (κ3) is 6.21. The molecular weight excluding hydrogens is 238 g/mol. The van der Waals surface area contributed by atoms with Crippen molar-refractivity contribution in [3.63, 3.8) is 0 Å². The van der Waals surface area contributed by atoms with Gasteiger partial charge in [0.1, 0.15) is 24.5 Å². The summed E-state index contributed by atoms with van der Waals surface area (Å²) in [6, 6.07) is 0. The van der Waals surface area contributed by atoms with E-state index >= 15 is 0 Å². The van der Waals surface area contributed by atoms with Crippen LogP contribution in [0.1, 0.15) is 6.92 Å². The molecule has 0 aliphatic rings. The normalized spacial score (nSPS) is 21.7. The molecule has 9 N–H and O–H groups in total. The molecule has 0 radical (unpaired) electrons. The van der Waals surface area contributed by atoms with Gasteiger partial charge in [-0.3, -0.25) is 5.32 Å². The van der Waals surface area contributed by atoms with Gasteiger partial charge in [0.05, 0.1) is 12.6 Å². The van der Waals surface area contributed by atoms with Crippen molar-refractivity contribution in [1.29, 1.82) is 0 Å². The summed E-state index contributed by atoms with van der Waals surface area (Å²) in [4.78, 5) is 0. The van der Waals surface area contributed by atoms with Crippen molar-refractivity contribution in [2.75, 3.05) is 6.54 Å². The van der Waals surface area contributed by atoms with Crippen molar-refractivity contribution in [3.05, 3.63) is 0 Å². The number of aliphatic hydroxyl groups is 8. The van der Waals surface area contributed by atoms with Crippen molar-refractivity contribution < 1.29 is 40.9 Å². The van der Waals surface area contributed by atoms with Crippen LogP contribution in [0, 0.1) is 0 Å². The number of nitrogens with one attached hydrogen (secondary N) is 1. The van der Waals surface area contributed by atoms with Crippen LogP contribution in [0.3, 0.4) is 0 Å². The summed E-state index contributed by atoms with van der Waals surface area (Å²) in [6.07, 6.45) is -8.63. The lowest BCUT2D eigenvalue weighted by Gasteiger charge is -2.29. The van der Waals surface area contributed by atoms with E-state index in [1.807, 2.05) is 5.32 Å². The maximum atomic E-state index is 9.32. The monoisotopic (exact) mass is 257 g/mol. The second-order valence-corrected chi connectivity index (χ2v) is 3.81. The molecule has 0 aromatic rings. The Bertz CT molecular complexity index is 218. The van der Waals surface area contributed by atoms with Crippen LogP contribution in [0.15, 0.2) is 0 Å². The quantitative estimate of drug-likeness (QED) is 0.202. The molecule has 9 heteroatoms. The third-order valence-electron chi connectivity index (χ3n) is 2.07. The van der Waals surface area contributed by atoms with E-state index in [1.54, 1.807) is 0 Å². The zero-order valence-electron chi connectivity index (χ0n) is 9.17. The Hall–Kier alpha value is -0.360. The standard InChI is InChI=1S/C8H19NO8/c1-3(10)4(11)5(12)6(13)7(14)9-2-8(15,16)17/h3-7,9-17H,2H2,1H3. The predicted octanol–water partition coefficient (Wildman–Crippen LogP) is -5.01. The van der Waals surface area contributed by atoms with Crippen LogP contribution in [-0.4, -0.2) is 84.0 Å². The van der Waals surface area contributed by atoms with Crippen LogP contribution in [0.5, 0.6) is 0 Å². The first-order chi connectivity index (χ1) is 7.56. The highest BCUT2D eigenvalue weighted by atomic mass is 16.7. The van der Waals surface area contributed by atoms with Gasteiger partial charge in [-0.25, -0.2) is 0 Å². The second-order valence-electron chi connectivity index (χ2n) is 3.81. The zero-order chi connectivity index (χ0) is 13.8. The van der Waals surface area contributed by atoms with Gasteiger partial charge in [-0.1, -0.05) is 0 Å². The molecule has 0 saturated heterocycles. The lowest BCUT2D eigenvalue weighted by Crippen LogP contribution is -2.55. The van der Waals surface area contributed by atoms with Gasteiger partial charge in [-0.2, -0.15) is 0 Å². The van der Waals surface area contributed by atoms with Gasteiger partial charge in [0.15, 0.2) is 0 Å². The lowest BCUT2D eigenvalue weighted by molar-refractivity contribution is -0.309. The molecule has 0 bridgehead atoms. The molecule has 9 nitrogen and oxygen atoms in total. The van der Waals surface area contributed by atoms with E-state index in [-0.39, 0.29) is 0 Å². The largest absolute Gasteiger partial charge is 0.391 e. The number of hydrogen-bond acceptors (Lipinski definition) is 9. The summed E-state index contributed by atoms with van der Waals surface area (Å²) < 4.78 is 0. The molecule has 0 amide bonds. The van der Waals surface area contributed by atoms with Crippen molar-refractivity contribution in [2.24, 2.45) is 0 Å². The third-order valence-corrected chi connectivity index (χ3v) is 2.07. The van der Waals surface area contributed by atoms with Crippen molar-refractivity contribution in [1.82, 2.24) is 5.32 Å². The molecule has 0 aromatic heterocycles. The lowest BCUT2D eigenvalue weighted by atomic mass is 10.0. The number of aliphatic hydroxyl groups excluding tert-OH is 5. The molecule has 0 heterocycles. The Morgan fingerprint density at radius 1 is 0.882 bits per heavy atom. The Morgan fingerprint density at radius 2 is 1.35 bits per heavy atom. The van der Waals surface area contributed by atoms with Crippen LogP contribution in [0.2, 0.25) is 0 Å². The van der Waals surface area contributed by atoms with Gasteiger partial charge in [0.2, 0.25) is 0 Å². The molecule has 0 spiro atoms. The topological polar surface area (TPSA) is 174 Å². The summed E-state index contributed by atoms with van der Waals surface area (Å²) in [5, 5.41) is 73.4. The fraction of sp³-hybridized carbons (Fsp3) is 1.00. The SMILES string of the molecule is CC(O)C(O)C(O)C(O)C(O)NCC(O)(O)O. The molecule has 5 unspecified atom stereocenters. The highest BCUT2D eigenvalue weighted by molar-refractivity contribution is 4.82. The fourth-order valence-corrected chi connectivity index (χ4v) is 1.04. The molecule has 0 aliphatic heterocycles. The first kappa shape index (κ1) is 16.6. The molecule has 104 valence electrons. The minimum absolute atomic E-state index is 0.900. The van der Waals surface area contributed by atoms with E-state index < -0.39 is 43.2 Å². The zero-order valence-corrected chi connectivity index (χ0v) is 9.17. The van der Waals surface area contributed by atoms with Gasteiger partial charge in [-0.15, -0.1) is 0 Å². The summed E-state index contributed by atoms with van der Waals surface area (Å²) in [7, 11) is 0. The predicted molar refractivity (Wildman–Crippen MR) is 53.1 cm³/mol. The molecule has 0 rings (SSSR count). The Kier molecular flexibility index (Phi) is 6.40. The van der Waals surface area contributed by atoms with Gasteiger partial charge >= 0.3 is 0 Å². The maximum absolute atomic E-state index is 9.32. The van der Waals surface area contributed by atoms with Crippen LogP contribution in [0.4, 0.5) is 0 Å². The van der Waals surface area contributed by atoms with Crippen LogP contribution >= 0.6 is 0 Å². The van der Waals surface area contributed by atoms with E-state index in [2.05, 4.69) is 0 Å². The molecule has 0 aliphatic carbocycles. The van der Waals surface area contributed by atoms with Crippen molar-refractivity contribution >= 4 is 0 Å². The van der Waals surface area contributed by atoms with E-state index in [4.69, 9.17) is 20.4 Å².